The minimum Gasteiger partial charge on any atom is -0.395 e. The van der Waals surface area contributed by atoms with Crippen LogP contribution in [0.1, 0.15) is 19.8 Å². The van der Waals surface area contributed by atoms with Crippen molar-refractivity contribution in [3.05, 3.63) is 0 Å². The second kappa shape index (κ2) is 5.73. The Labute approximate surface area is 99.8 Å². The van der Waals surface area contributed by atoms with Gasteiger partial charge in [-0.05, 0) is 18.8 Å². The van der Waals surface area contributed by atoms with Gasteiger partial charge in [-0.1, -0.05) is 6.92 Å². The molecular formula is C11H20F2N2O2. The van der Waals surface area contributed by atoms with Gasteiger partial charge in [0.25, 0.3) is 6.43 Å². The van der Waals surface area contributed by atoms with Crippen LogP contribution >= 0.6 is 0 Å². The maximum atomic E-state index is 12.4. The molecule has 3 N–H and O–H groups in total. The van der Waals surface area contributed by atoms with E-state index in [1.165, 1.54) is 0 Å². The molecule has 0 aromatic carbocycles. The van der Waals surface area contributed by atoms with Crippen molar-refractivity contribution in [3.8, 4) is 0 Å². The van der Waals surface area contributed by atoms with Gasteiger partial charge in [-0.15, -0.1) is 0 Å². The van der Waals surface area contributed by atoms with Gasteiger partial charge < -0.3 is 15.7 Å². The third kappa shape index (κ3) is 3.13. The fourth-order valence-corrected chi connectivity index (χ4v) is 2.60. The normalized spacial score (nSPS) is 28.0. The zero-order valence-electron chi connectivity index (χ0n) is 10.0. The first-order chi connectivity index (χ1) is 7.95. The predicted octanol–water partition coefficient (Wildman–Crippen LogP) is 0.447. The highest BCUT2D eigenvalue weighted by Crippen LogP contribution is 2.45. The van der Waals surface area contributed by atoms with Crippen LogP contribution in [0.15, 0.2) is 0 Å². The summed E-state index contributed by atoms with van der Waals surface area (Å²) >= 11 is 0. The molecule has 0 spiro atoms. The fraction of sp³-hybridized carbons (Fsp3) is 0.909. The number of aliphatic hydroxyl groups excluding tert-OH is 1. The van der Waals surface area contributed by atoms with E-state index in [2.05, 4.69) is 0 Å². The number of carbonyl (C=O) groups is 1. The molecule has 100 valence electrons. The quantitative estimate of drug-likeness (QED) is 0.719. The second-order valence-electron chi connectivity index (χ2n) is 4.86. The van der Waals surface area contributed by atoms with Crippen molar-refractivity contribution >= 4 is 5.91 Å². The molecule has 0 aromatic heterocycles. The van der Waals surface area contributed by atoms with Gasteiger partial charge in [0.1, 0.15) is 0 Å². The van der Waals surface area contributed by atoms with E-state index in [1.54, 1.807) is 0 Å². The highest BCUT2D eigenvalue weighted by molar-refractivity contribution is 5.84. The number of hydrogen-bond acceptors (Lipinski definition) is 3. The summed E-state index contributed by atoms with van der Waals surface area (Å²) in [6, 6.07) is 0. The molecule has 0 bridgehead atoms. The number of carbonyl (C=O) groups excluding carboxylic acids is 1. The molecule has 0 radical (unpaired) electrons. The van der Waals surface area contributed by atoms with E-state index in [0.29, 0.717) is 18.8 Å². The highest BCUT2D eigenvalue weighted by atomic mass is 19.3. The van der Waals surface area contributed by atoms with Crippen molar-refractivity contribution in [2.24, 2.45) is 17.1 Å². The molecule has 1 aliphatic carbocycles. The van der Waals surface area contributed by atoms with Crippen LogP contribution in [0.2, 0.25) is 0 Å². The molecule has 0 unspecified atom stereocenters. The molecule has 1 aliphatic rings. The zero-order valence-corrected chi connectivity index (χ0v) is 10.0. The molecule has 1 amide bonds. The fourth-order valence-electron chi connectivity index (χ4n) is 2.60. The molecule has 0 atom stereocenters. The summed E-state index contributed by atoms with van der Waals surface area (Å²) in [5.74, 6) is 0.0671. The molecule has 0 aromatic rings. The molecule has 6 heteroatoms. The molecule has 1 saturated carbocycles. The zero-order chi connectivity index (χ0) is 13.1. The monoisotopic (exact) mass is 250 g/mol. The molecule has 0 aliphatic heterocycles. The van der Waals surface area contributed by atoms with E-state index in [1.807, 2.05) is 6.92 Å². The Kier molecular flexibility index (Phi) is 4.82. The number of halogens is 2. The number of amides is 1. The van der Waals surface area contributed by atoms with Crippen molar-refractivity contribution in [2.45, 2.75) is 26.2 Å². The van der Waals surface area contributed by atoms with Crippen LogP contribution < -0.4 is 5.73 Å². The third-order valence-corrected chi connectivity index (χ3v) is 3.34. The molecule has 1 rings (SSSR count). The van der Waals surface area contributed by atoms with Crippen molar-refractivity contribution < 1.29 is 18.7 Å². The van der Waals surface area contributed by atoms with Crippen molar-refractivity contribution in [1.82, 2.24) is 4.90 Å². The van der Waals surface area contributed by atoms with Crippen molar-refractivity contribution in [1.29, 1.82) is 0 Å². The summed E-state index contributed by atoms with van der Waals surface area (Å²) in [5.41, 5.74) is 4.92. The van der Waals surface area contributed by atoms with Crippen LogP contribution in [0.5, 0.6) is 0 Å². The lowest BCUT2D eigenvalue weighted by atomic mass is 9.62. The van der Waals surface area contributed by atoms with Gasteiger partial charge in [-0.25, -0.2) is 8.78 Å². The van der Waals surface area contributed by atoms with E-state index in [0.717, 1.165) is 4.90 Å². The average molecular weight is 250 g/mol. The van der Waals surface area contributed by atoms with E-state index >= 15 is 0 Å². The van der Waals surface area contributed by atoms with Gasteiger partial charge >= 0.3 is 0 Å². The SMILES string of the molecule is CC1CC(CN)(C(=O)N(CCO)CC(F)F)C1. The maximum absolute atomic E-state index is 12.4. The van der Waals surface area contributed by atoms with Crippen molar-refractivity contribution in [2.75, 3.05) is 26.2 Å². The molecule has 1 fully saturated rings. The number of nitrogens with two attached hydrogens (primary N) is 1. The van der Waals surface area contributed by atoms with Gasteiger partial charge in [0.15, 0.2) is 0 Å². The number of hydrogen-bond donors (Lipinski definition) is 2. The van der Waals surface area contributed by atoms with Crippen molar-refractivity contribution in [3.63, 3.8) is 0 Å². The summed E-state index contributed by atoms with van der Waals surface area (Å²) in [4.78, 5) is 13.2. The Bertz CT molecular complexity index is 268. The summed E-state index contributed by atoms with van der Waals surface area (Å²) in [5, 5.41) is 8.81. The minimum atomic E-state index is -2.59. The summed E-state index contributed by atoms with van der Waals surface area (Å²) in [6.07, 6.45) is -1.29. The largest absolute Gasteiger partial charge is 0.395 e. The van der Waals surface area contributed by atoms with Gasteiger partial charge in [-0.2, -0.15) is 0 Å². The molecule has 0 heterocycles. The Balaban J connectivity index is 2.69. The lowest BCUT2D eigenvalue weighted by molar-refractivity contribution is -0.152. The van der Waals surface area contributed by atoms with Crippen LogP contribution in [-0.4, -0.2) is 48.6 Å². The Hall–Kier alpha value is -0.750. The minimum absolute atomic E-state index is 0.0562. The molecule has 4 nitrogen and oxygen atoms in total. The number of rotatable bonds is 6. The first kappa shape index (κ1) is 14.3. The lowest BCUT2D eigenvalue weighted by Gasteiger charge is -2.46. The van der Waals surface area contributed by atoms with E-state index in [-0.39, 0.29) is 25.6 Å². The van der Waals surface area contributed by atoms with E-state index in [4.69, 9.17) is 10.8 Å². The number of nitrogens with zero attached hydrogens (tertiary/aromatic N) is 1. The molecule has 17 heavy (non-hydrogen) atoms. The smallest absolute Gasteiger partial charge is 0.255 e. The van der Waals surface area contributed by atoms with Gasteiger partial charge in [0.05, 0.1) is 18.6 Å². The molecular weight excluding hydrogens is 230 g/mol. The van der Waals surface area contributed by atoms with Crippen LogP contribution in [0.4, 0.5) is 8.78 Å². The van der Waals surface area contributed by atoms with Gasteiger partial charge in [0, 0.05) is 13.1 Å². The Morgan fingerprint density at radius 1 is 1.59 bits per heavy atom. The van der Waals surface area contributed by atoms with Gasteiger partial charge in [0.2, 0.25) is 5.91 Å². The van der Waals surface area contributed by atoms with Crippen LogP contribution in [0, 0.1) is 11.3 Å². The predicted molar refractivity (Wildman–Crippen MR) is 59.6 cm³/mol. The van der Waals surface area contributed by atoms with Crippen LogP contribution in [0.3, 0.4) is 0 Å². The lowest BCUT2D eigenvalue weighted by Crippen LogP contribution is -2.55. The first-order valence-electron chi connectivity index (χ1n) is 5.83. The summed E-state index contributed by atoms with van der Waals surface area (Å²) < 4.78 is 24.7. The highest BCUT2D eigenvalue weighted by Gasteiger charge is 2.49. The standard InChI is InChI=1S/C11H20F2N2O2/c1-8-4-11(5-8,7-14)10(17)15(2-3-16)6-9(12)13/h8-9,16H,2-7,14H2,1H3. The van der Waals surface area contributed by atoms with E-state index < -0.39 is 18.4 Å². The topological polar surface area (TPSA) is 66.6 Å². The average Bonchev–Trinajstić information content (AvgIpc) is 2.22. The third-order valence-electron chi connectivity index (χ3n) is 3.34. The Morgan fingerprint density at radius 3 is 2.53 bits per heavy atom. The summed E-state index contributed by atoms with van der Waals surface area (Å²) in [7, 11) is 0. The van der Waals surface area contributed by atoms with Crippen LogP contribution in [0.25, 0.3) is 0 Å². The van der Waals surface area contributed by atoms with Crippen LogP contribution in [-0.2, 0) is 4.79 Å². The second-order valence-corrected chi connectivity index (χ2v) is 4.86. The number of aliphatic hydroxyl groups is 1. The van der Waals surface area contributed by atoms with Gasteiger partial charge in [-0.3, -0.25) is 4.79 Å². The molecule has 0 saturated heterocycles. The maximum Gasteiger partial charge on any atom is 0.255 e. The first-order valence-corrected chi connectivity index (χ1v) is 5.83. The number of alkyl halides is 2. The Morgan fingerprint density at radius 2 is 2.18 bits per heavy atom. The summed E-state index contributed by atoms with van der Waals surface area (Å²) in [6.45, 7) is 1.19. The van der Waals surface area contributed by atoms with E-state index in [9.17, 15) is 13.6 Å².